The minimum atomic E-state index is 0.716. The molecule has 9 heteroatoms. The van der Waals surface area contributed by atoms with Crippen molar-refractivity contribution < 1.29 is 0 Å². The molecule has 10 atom stereocenters. The van der Waals surface area contributed by atoms with E-state index in [1.807, 2.05) is 0 Å². The molecule has 0 N–H and O–H groups in total. The van der Waals surface area contributed by atoms with Crippen LogP contribution in [0.2, 0.25) is 0 Å². The summed E-state index contributed by atoms with van der Waals surface area (Å²) in [6.07, 6.45) is 1.27. The van der Waals surface area contributed by atoms with Crippen molar-refractivity contribution in [3.8, 4) is 0 Å². The van der Waals surface area contributed by atoms with Gasteiger partial charge in [-0.05, 0) is 12.3 Å². The van der Waals surface area contributed by atoms with E-state index in [2.05, 4.69) is 224 Å². The largest absolute Gasteiger partial charge is 0.0817 e. The van der Waals surface area contributed by atoms with Crippen LogP contribution in [-0.2, 0) is 0 Å². The fourth-order valence-electron chi connectivity index (χ4n) is 1.96. The molecule has 0 saturated carbocycles. The van der Waals surface area contributed by atoms with E-state index in [-0.39, 0.29) is 0 Å². The molecule has 0 aromatic heterocycles. The summed E-state index contributed by atoms with van der Waals surface area (Å²) < 4.78 is 6.61. The van der Waals surface area contributed by atoms with Crippen molar-refractivity contribution in [3.05, 3.63) is 0 Å². The highest BCUT2D eigenvalue weighted by Gasteiger charge is 2.39. The topological polar surface area (TPSA) is 0 Å². The Morgan fingerprint density at radius 2 is 0.870 bits per heavy atom. The summed E-state index contributed by atoms with van der Waals surface area (Å²) in [6.45, 7) is 7.12. The van der Waals surface area contributed by atoms with Gasteiger partial charge in [0, 0.05) is 35.3 Å². The molecule has 10 unspecified atom stereocenters. The summed E-state index contributed by atoms with van der Waals surface area (Å²) in [5, 5.41) is 0. The van der Waals surface area contributed by atoms with E-state index in [9.17, 15) is 0 Å². The summed E-state index contributed by atoms with van der Waals surface area (Å²) in [4.78, 5) is 0. The predicted molar refractivity (Wildman–Crippen MR) is 185 cm³/mol. The third kappa shape index (κ3) is 10.2. The van der Waals surface area contributed by atoms with Crippen LogP contribution >= 0.6 is 203 Å². The van der Waals surface area contributed by atoms with Crippen molar-refractivity contribution in [1.29, 1.82) is 0 Å². The van der Waals surface area contributed by atoms with E-state index in [4.69, 9.17) is 0 Å². The van der Waals surface area contributed by atoms with Gasteiger partial charge >= 0.3 is 0 Å². The van der Waals surface area contributed by atoms with E-state index >= 15 is 0 Å². The lowest BCUT2D eigenvalue weighted by Crippen LogP contribution is -2.43. The third-order valence-electron chi connectivity index (χ3n) is 3.70. The van der Waals surface area contributed by atoms with Crippen molar-refractivity contribution in [3.63, 3.8) is 0 Å². The van der Waals surface area contributed by atoms with Crippen molar-refractivity contribution in [2.45, 2.75) is 62.5 Å². The maximum absolute atomic E-state index is 2.73. The molecular weight excluding hydrogens is 1310 g/mol. The van der Waals surface area contributed by atoms with Crippen LogP contribution in [0, 0.1) is 5.92 Å². The molecule has 0 saturated heterocycles. The summed E-state index contributed by atoms with van der Waals surface area (Å²) in [5.74, 6) is 0.743. The van der Waals surface area contributed by atoms with Crippen LogP contribution in [-0.4, -0.2) is 35.3 Å². The number of hydrogen-bond acceptors (Lipinski definition) is 0. The highest BCUT2D eigenvalue weighted by molar-refractivity contribution is 14.1. The Morgan fingerprint density at radius 1 is 0.522 bits per heavy atom. The minimum Gasteiger partial charge on any atom is -0.0817 e. The molecule has 0 nitrogen and oxygen atoms in total. The van der Waals surface area contributed by atoms with Gasteiger partial charge in [0.05, 0.1) is 0 Å². The molecule has 140 valence electrons. The average Bonchev–Trinajstić information content (AvgIpc) is 2.55. The molecule has 0 heterocycles. The first-order valence-corrected chi connectivity index (χ1v) is 18.4. The first kappa shape index (κ1) is 29.6. The highest BCUT2D eigenvalue weighted by Crippen LogP contribution is 2.41. The van der Waals surface area contributed by atoms with Gasteiger partial charge in [-0.2, -0.15) is 0 Å². The van der Waals surface area contributed by atoms with Gasteiger partial charge in [-0.15, -0.1) is 0 Å². The minimum absolute atomic E-state index is 0.716. The van der Waals surface area contributed by atoms with E-state index in [0.29, 0.717) is 3.92 Å². The van der Waals surface area contributed by atoms with Gasteiger partial charge in [-0.1, -0.05) is 224 Å². The van der Waals surface area contributed by atoms with Crippen molar-refractivity contribution >= 4 is 203 Å². The molecule has 0 spiro atoms. The Hall–Kier alpha value is 6.57. The zero-order valence-corrected chi connectivity index (χ0v) is 32.3. The van der Waals surface area contributed by atoms with Crippen molar-refractivity contribution in [2.24, 2.45) is 5.92 Å². The Balaban J connectivity index is 4.89. The monoisotopic (exact) mass is 1330 g/mol. The predicted octanol–water partition coefficient (Wildman–Crippen LogP) is 9.28. The molecule has 0 aromatic carbocycles. The molecule has 0 bridgehead atoms. The maximum Gasteiger partial charge on any atom is 0.0366 e. The second-order valence-electron chi connectivity index (χ2n) is 5.57. The highest BCUT2D eigenvalue weighted by atomic mass is 127. The van der Waals surface area contributed by atoms with Crippen LogP contribution in [0.25, 0.3) is 0 Å². The molecule has 0 aliphatic carbocycles. The van der Waals surface area contributed by atoms with Crippen LogP contribution in [0.5, 0.6) is 0 Å². The smallest absolute Gasteiger partial charge is 0.0366 e. The quantitative estimate of drug-likeness (QED) is 0.151. The van der Waals surface area contributed by atoms with Gasteiger partial charge in [-0.25, -0.2) is 0 Å². The number of rotatable bonds is 10. The van der Waals surface area contributed by atoms with Crippen LogP contribution in [0.4, 0.5) is 0 Å². The Kier molecular flexibility index (Phi) is 19.8. The summed E-state index contributed by atoms with van der Waals surface area (Å²) in [7, 11) is 0. The zero-order valence-electron chi connectivity index (χ0n) is 12.9. The molecule has 0 radical (unpaired) electrons. The summed E-state index contributed by atoms with van der Waals surface area (Å²) in [5.41, 5.74) is 0. The standard InChI is InChI=1S/C14H21I9/c1-4-7(16)11(20)13(22)14(23)12(21)9(18)5(2)8(17)10(19)6(3)15/h5-14H,4H2,1-3H3. The molecule has 0 aliphatic rings. The lowest BCUT2D eigenvalue weighted by atomic mass is 9.96. The average molecular weight is 1330 g/mol. The normalized spacial score (nSPS) is 25.6. The van der Waals surface area contributed by atoms with Gasteiger partial charge in [0.2, 0.25) is 0 Å². The van der Waals surface area contributed by atoms with Gasteiger partial charge in [0.25, 0.3) is 0 Å². The fraction of sp³-hybridized carbons (Fsp3) is 1.00. The Morgan fingerprint density at radius 3 is 1.26 bits per heavy atom. The third-order valence-corrected chi connectivity index (χ3v) is 27.7. The first-order chi connectivity index (χ1) is 10.5. The lowest BCUT2D eigenvalue weighted by molar-refractivity contribution is 0.535. The molecular formula is C14H21I9. The van der Waals surface area contributed by atoms with Crippen molar-refractivity contribution in [1.82, 2.24) is 0 Å². The molecule has 23 heavy (non-hydrogen) atoms. The lowest BCUT2D eigenvalue weighted by Gasteiger charge is -2.35. The second kappa shape index (κ2) is 15.4. The molecule has 0 rings (SSSR count). The first-order valence-electron chi connectivity index (χ1n) is 7.23. The van der Waals surface area contributed by atoms with Gasteiger partial charge in [0.1, 0.15) is 0 Å². The maximum atomic E-state index is 2.73. The van der Waals surface area contributed by atoms with Gasteiger partial charge in [0.15, 0.2) is 0 Å². The molecule has 0 fully saturated rings. The van der Waals surface area contributed by atoms with Crippen LogP contribution < -0.4 is 0 Å². The van der Waals surface area contributed by atoms with Gasteiger partial charge in [-0.3, -0.25) is 0 Å². The van der Waals surface area contributed by atoms with Crippen LogP contribution in [0.3, 0.4) is 0 Å². The van der Waals surface area contributed by atoms with E-state index in [0.717, 1.165) is 37.3 Å². The molecule has 0 amide bonds. The second-order valence-corrected chi connectivity index (χ2v) is 19.2. The molecule has 0 aliphatic heterocycles. The van der Waals surface area contributed by atoms with E-state index < -0.39 is 0 Å². The summed E-state index contributed by atoms with van der Waals surface area (Å²) in [6, 6.07) is 0. The van der Waals surface area contributed by atoms with Crippen LogP contribution in [0.15, 0.2) is 0 Å². The number of alkyl halides is 9. The van der Waals surface area contributed by atoms with Crippen LogP contribution in [0.1, 0.15) is 27.2 Å². The SMILES string of the molecule is CCC(I)C(I)C(I)C(I)C(I)C(I)C(C)C(I)C(I)C(C)I. The van der Waals surface area contributed by atoms with E-state index in [1.54, 1.807) is 0 Å². The Labute approximate surface area is 265 Å². The van der Waals surface area contributed by atoms with E-state index in [1.165, 1.54) is 6.42 Å². The van der Waals surface area contributed by atoms with Gasteiger partial charge < -0.3 is 0 Å². The number of halogens is 9. The Bertz CT molecular complexity index is 327. The number of hydrogen-bond donors (Lipinski definition) is 0. The van der Waals surface area contributed by atoms with Crippen molar-refractivity contribution in [2.75, 3.05) is 0 Å². The fourth-order valence-corrected chi connectivity index (χ4v) is 14.1. The zero-order chi connectivity index (χ0) is 18.5. The summed E-state index contributed by atoms with van der Waals surface area (Å²) >= 11 is 24.2. The molecule has 0 aromatic rings.